The van der Waals surface area contributed by atoms with Gasteiger partial charge in [0, 0.05) is 90.4 Å². The van der Waals surface area contributed by atoms with Gasteiger partial charge >= 0.3 is 11.9 Å². The van der Waals surface area contributed by atoms with Crippen LogP contribution >= 0.6 is 0 Å². The number of esters is 2. The monoisotopic (exact) mass is 1380 g/mol. The Kier molecular flexibility index (Phi) is 25.6. The summed E-state index contributed by atoms with van der Waals surface area (Å²) in [6, 6.07) is 15.4. The minimum Gasteiger partial charge on any atom is -0.467 e. The first kappa shape index (κ1) is 74.4. The zero-order valence-corrected chi connectivity index (χ0v) is 58.4. The minimum atomic E-state index is -1.35. The predicted molar refractivity (Wildman–Crippen MR) is 369 cm³/mol. The number of carbonyl (C=O) groups excluding carboxylic acids is 10. The molecule has 2 saturated heterocycles. The van der Waals surface area contributed by atoms with Crippen molar-refractivity contribution in [3.8, 4) is 0 Å². The third-order valence-electron chi connectivity index (χ3n) is 18.9. The summed E-state index contributed by atoms with van der Waals surface area (Å²) in [7, 11) is 5.61. The van der Waals surface area contributed by atoms with Crippen molar-refractivity contribution in [2.24, 2.45) is 11.8 Å². The number of aromatic nitrogens is 6. The van der Waals surface area contributed by atoms with Crippen LogP contribution in [0.4, 0.5) is 0 Å². The Balaban J connectivity index is 1.07. The average Bonchev–Trinajstić information content (AvgIpc) is 1.03. The van der Waals surface area contributed by atoms with Crippen molar-refractivity contribution < 1.29 is 57.4 Å². The highest BCUT2D eigenvalue weighted by molar-refractivity contribution is 5.98. The Hall–Kier alpha value is -9.78. The largest absolute Gasteiger partial charge is 0.467 e. The number of likely N-dealkylation sites (N-methyl/N-ethyl adjacent to an activating group) is 2. The topological polar surface area (TPSA) is 360 Å². The molecule has 0 saturated carbocycles. The highest BCUT2D eigenvalue weighted by atomic mass is 16.5. The molecule has 30 nitrogen and oxygen atoms in total. The number of hydrogen-bond donors (Lipinski definition) is 8. The van der Waals surface area contributed by atoms with Crippen molar-refractivity contribution in [2.45, 2.75) is 141 Å². The summed E-state index contributed by atoms with van der Waals surface area (Å²) in [6.07, 6.45) is 2.70. The van der Waals surface area contributed by atoms with Gasteiger partial charge in [-0.15, -0.1) is 10.2 Å². The lowest BCUT2D eigenvalue weighted by Gasteiger charge is -2.42. The van der Waals surface area contributed by atoms with Crippen molar-refractivity contribution in [1.29, 1.82) is 0 Å². The van der Waals surface area contributed by atoms with Crippen molar-refractivity contribution >= 4 is 80.7 Å². The van der Waals surface area contributed by atoms with Gasteiger partial charge in [0.1, 0.15) is 48.3 Å². The molecule has 2 fully saturated rings. The number of fused-ring (bicyclic) bond motifs is 10. The first-order valence-corrected chi connectivity index (χ1v) is 34.1. The summed E-state index contributed by atoms with van der Waals surface area (Å²) < 4.78 is 13.6. The molecule has 30 heteroatoms. The third kappa shape index (κ3) is 18.9. The molecule has 4 aromatic carbocycles. The van der Waals surface area contributed by atoms with Gasteiger partial charge < -0.3 is 61.8 Å². The summed E-state index contributed by atoms with van der Waals surface area (Å²) in [5.74, 6) is -7.18. The van der Waals surface area contributed by atoms with Crippen molar-refractivity contribution in [3.05, 3.63) is 120 Å². The first-order chi connectivity index (χ1) is 47.9. The van der Waals surface area contributed by atoms with Gasteiger partial charge in [-0.2, -0.15) is 0 Å². The Labute approximate surface area is 581 Å². The van der Waals surface area contributed by atoms with Crippen LogP contribution in [0, 0.1) is 11.8 Å². The van der Waals surface area contributed by atoms with Crippen molar-refractivity contribution in [2.75, 3.05) is 80.7 Å². The van der Waals surface area contributed by atoms with Crippen LogP contribution < -0.4 is 42.5 Å². The summed E-state index contributed by atoms with van der Waals surface area (Å²) in [5.41, 5.74) is 1.91. The zero-order chi connectivity index (χ0) is 71.9. The number of carbonyl (C=O) groups is 10. The zero-order valence-electron chi connectivity index (χ0n) is 58.4. The molecule has 3 aliphatic rings. The maximum Gasteiger partial charge on any atom is 0.328 e. The standard InChI is InChI=1S/C70H94N18O12/c1-41(2)59(77-61(89)43(5)71-7)67(95)87-29-25-83-23-27-85-37-51(79-81-85)36-56(70(98)100-10)76-64(92)54(34-46-20-22-48-16-12-14-18-50(48)32-46)74-66(94)58-40-84(26-30-88(58)68(96)60(42(3)4)78-62(90)44(6)72-8)24-28-86-38-52(80-82-86)35-55(69(97)99-9)75-63(91)53(73-65(93)57(87)39-83)33-45-19-21-47-15-11-13-17-49(47)31-45/h11-22,31-32,37-38,41-44,53-60,71-72H,23-30,33-36,39-40H2,1-10H3,(H,73,93)(H,74,94)(H,75,91)(H,76,92)(H,77,89)(H,78,90)/t43-,44-,53-,54-,55-,56-,57-,58-,59-,60-/m0/s1. The van der Waals surface area contributed by atoms with Crippen LogP contribution in [0.5, 0.6) is 0 Å². The second-order valence-corrected chi connectivity index (χ2v) is 26.6. The van der Waals surface area contributed by atoms with Crippen LogP contribution in [0.25, 0.3) is 21.5 Å². The summed E-state index contributed by atoms with van der Waals surface area (Å²) in [4.78, 5) is 152. The minimum absolute atomic E-state index is 0.0274. The van der Waals surface area contributed by atoms with E-state index in [1.807, 2.05) is 94.7 Å². The fourth-order valence-electron chi connectivity index (χ4n) is 12.6. The molecule has 2 aromatic heterocycles. The first-order valence-electron chi connectivity index (χ1n) is 34.1. The number of methoxy groups -OCH3 is 2. The molecule has 12 atom stereocenters. The van der Waals surface area contributed by atoms with Crippen LogP contribution in [-0.4, -0.2) is 250 Å². The van der Waals surface area contributed by atoms with E-state index in [0.717, 1.165) is 21.5 Å². The molecule has 0 spiro atoms. The molecular formula is C70H94N18O12. The summed E-state index contributed by atoms with van der Waals surface area (Å²) in [6.45, 7) is 11.9. The highest BCUT2D eigenvalue weighted by Crippen LogP contribution is 2.23. The fourth-order valence-corrected chi connectivity index (χ4v) is 12.6. The Bertz CT molecular complexity index is 3670. The molecule has 9 rings (SSSR count). The van der Waals surface area contributed by atoms with E-state index in [9.17, 15) is 28.8 Å². The Morgan fingerprint density at radius 2 is 0.860 bits per heavy atom. The van der Waals surface area contributed by atoms with E-state index in [1.165, 1.54) is 33.4 Å². The van der Waals surface area contributed by atoms with Crippen LogP contribution in [0.2, 0.25) is 0 Å². The van der Waals surface area contributed by atoms with Crippen molar-refractivity contribution in [3.63, 3.8) is 0 Å². The molecule has 5 heterocycles. The third-order valence-corrected chi connectivity index (χ3v) is 18.9. The predicted octanol–water partition coefficient (Wildman–Crippen LogP) is -0.732. The number of ether oxygens (including phenoxy) is 2. The van der Waals surface area contributed by atoms with E-state index in [1.54, 1.807) is 68.0 Å². The van der Waals surface area contributed by atoms with Crippen LogP contribution in [-0.2, 0) is 96.2 Å². The number of rotatable bonds is 16. The Morgan fingerprint density at radius 3 is 1.22 bits per heavy atom. The van der Waals surface area contributed by atoms with Crippen LogP contribution in [0.1, 0.15) is 64.1 Å². The Morgan fingerprint density at radius 1 is 0.490 bits per heavy atom. The van der Waals surface area contributed by atoms with E-state index in [2.05, 4.69) is 63.2 Å². The van der Waals surface area contributed by atoms with Crippen molar-refractivity contribution in [1.82, 2.24) is 92.1 Å². The summed E-state index contributed by atoms with van der Waals surface area (Å²) >= 11 is 0. The van der Waals surface area contributed by atoms with Gasteiger partial charge in [0.05, 0.1) is 50.8 Å². The number of amides is 8. The lowest BCUT2D eigenvalue weighted by atomic mass is 9.98. The van der Waals surface area contributed by atoms with Crippen LogP contribution in [0.3, 0.4) is 0 Å². The van der Waals surface area contributed by atoms with E-state index in [0.29, 0.717) is 11.1 Å². The molecule has 2 unspecified atom stereocenters. The molecule has 536 valence electrons. The maximum atomic E-state index is 15.3. The molecular weight excluding hydrogens is 1280 g/mol. The van der Waals surface area contributed by atoms with Gasteiger partial charge in [-0.1, -0.05) is 123 Å². The van der Waals surface area contributed by atoms with Gasteiger partial charge in [0.2, 0.25) is 47.3 Å². The maximum absolute atomic E-state index is 15.3. The van der Waals surface area contributed by atoms with Gasteiger partial charge in [-0.05, 0) is 72.5 Å². The van der Waals surface area contributed by atoms with E-state index >= 15 is 19.2 Å². The smallest absolute Gasteiger partial charge is 0.328 e. The van der Waals surface area contributed by atoms with Gasteiger partial charge in [0.25, 0.3) is 0 Å². The molecule has 100 heavy (non-hydrogen) atoms. The second kappa shape index (κ2) is 34.3. The molecule has 6 aromatic rings. The SMILES string of the molecule is CN[C@@H](C)C(=O)N[C@H](C(=O)N1CCN2CCn3cc(nn3)C[C@@H](C(=O)OC)NC(=O)[C@H](Cc3ccc4ccccc4c3)NC(=O)[C@@H]3CN(CCN3C(=O)[C@@H](NC(=O)[C@H](C)NC)C(C)C)CCn3cc(nn3)C[C@@H](C(=O)OC)NC(=O)[C@H](Cc3ccc4ccccc4c3)NC(=O)[C@@H]1C2)C(C)C. The number of hydrogen-bond acceptors (Lipinski definition) is 20. The molecule has 8 N–H and O–H groups in total. The normalized spacial score (nSPS) is 22.8. The second-order valence-electron chi connectivity index (χ2n) is 26.6. The number of benzene rings is 4. The lowest BCUT2D eigenvalue weighted by molar-refractivity contribution is -0.148. The molecule has 3 aliphatic heterocycles. The van der Waals surface area contributed by atoms with E-state index in [-0.39, 0.29) is 103 Å². The fraction of sp³-hybridized carbons (Fsp3) is 0.514. The van der Waals surface area contributed by atoms with E-state index < -0.39 is 131 Å². The van der Waals surface area contributed by atoms with Gasteiger partial charge in [-0.25, -0.2) is 9.59 Å². The highest BCUT2D eigenvalue weighted by Gasteiger charge is 2.44. The summed E-state index contributed by atoms with van der Waals surface area (Å²) in [5, 5.41) is 44.3. The quantitative estimate of drug-likeness (QED) is 0.0554. The van der Waals surface area contributed by atoms with Gasteiger partial charge in [0.15, 0.2) is 0 Å². The van der Waals surface area contributed by atoms with Gasteiger partial charge in [-0.3, -0.25) is 57.5 Å². The molecule has 0 radical (unpaired) electrons. The average molecular weight is 1380 g/mol. The molecule has 8 amide bonds. The van der Waals surface area contributed by atoms with Crippen LogP contribution in [0.15, 0.2) is 97.3 Å². The number of piperazine rings is 2. The molecule has 0 aliphatic carbocycles. The molecule has 8 bridgehead atoms. The number of nitrogens with zero attached hydrogens (tertiary/aromatic N) is 10. The lowest BCUT2D eigenvalue weighted by Crippen LogP contribution is -2.66. The van der Waals surface area contributed by atoms with E-state index in [4.69, 9.17) is 9.47 Å². The number of nitrogens with one attached hydrogen (secondary N) is 8.